The van der Waals surface area contributed by atoms with Crippen LogP contribution < -0.4 is 0 Å². The van der Waals surface area contributed by atoms with Gasteiger partial charge >= 0.3 is 0 Å². The number of carbonyl (C=O) groups is 1. The van der Waals surface area contributed by atoms with Gasteiger partial charge in [0.2, 0.25) is 0 Å². The van der Waals surface area contributed by atoms with E-state index in [2.05, 4.69) is 6.58 Å². The quantitative estimate of drug-likeness (QED) is 0.623. The number of furan rings is 1. The molecule has 1 amide bonds. The fraction of sp³-hybridized carbons (Fsp3) is 0.136. The molecule has 2 heterocycles. The van der Waals surface area contributed by atoms with Gasteiger partial charge in [-0.1, -0.05) is 54.6 Å². The van der Waals surface area contributed by atoms with Crippen LogP contribution >= 0.6 is 0 Å². The molecule has 5 nitrogen and oxygen atoms in total. The summed E-state index contributed by atoms with van der Waals surface area (Å²) in [6.07, 6.45) is 1.47. The van der Waals surface area contributed by atoms with Crippen molar-refractivity contribution in [2.75, 3.05) is 0 Å². The number of benzene rings is 2. The Morgan fingerprint density at radius 2 is 1.64 bits per heavy atom. The highest BCUT2D eigenvalue weighted by Crippen LogP contribution is 2.49. The average Bonchev–Trinajstić information content (AvgIpc) is 3.30. The second kappa shape index (κ2) is 6.80. The molecule has 0 radical (unpaired) electrons. The number of amides is 1. The van der Waals surface area contributed by atoms with Crippen LogP contribution in [0.4, 0.5) is 0 Å². The summed E-state index contributed by atoms with van der Waals surface area (Å²) in [4.78, 5) is 13.1. The zero-order valence-electron chi connectivity index (χ0n) is 15.3. The van der Waals surface area contributed by atoms with E-state index < -0.39 is 27.9 Å². The van der Waals surface area contributed by atoms with Crippen molar-refractivity contribution in [3.63, 3.8) is 0 Å². The number of carbonyl (C=O) groups excluding carboxylic acids is 1. The molecule has 0 aliphatic carbocycles. The molecular formula is C22H19NO4S. The normalized spacial score (nSPS) is 20.0. The van der Waals surface area contributed by atoms with Crippen molar-refractivity contribution < 1.29 is 17.6 Å². The summed E-state index contributed by atoms with van der Waals surface area (Å²) in [5.41, 5.74) is 1.97. The van der Waals surface area contributed by atoms with Crippen LogP contribution in [0.5, 0.6) is 0 Å². The maximum atomic E-state index is 13.4. The van der Waals surface area contributed by atoms with Gasteiger partial charge in [0.1, 0.15) is 11.8 Å². The molecule has 0 N–H and O–H groups in total. The molecule has 1 saturated heterocycles. The molecule has 1 aromatic heterocycles. The second-order valence-electron chi connectivity index (χ2n) is 6.79. The lowest BCUT2D eigenvalue weighted by atomic mass is 9.88. The van der Waals surface area contributed by atoms with E-state index in [0.29, 0.717) is 5.76 Å². The van der Waals surface area contributed by atoms with Gasteiger partial charge < -0.3 is 4.42 Å². The molecule has 2 atom stereocenters. The molecule has 142 valence electrons. The first-order chi connectivity index (χ1) is 13.4. The highest BCUT2D eigenvalue weighted by molar-refractivity contribution is 7.89. The summed E-state index contributed by atoms with van der Waals surface area (Å²) in [6, 6.07) is 18.3. The molecule has 0 unspecified atom stereocenters. The minimum atomic E-state index is -4.09. The zero-order chi connectivity index (χ0) is 19.9. The number of aryl methyl sites for hydroxylation is 1. The molecule has 3 aromatic rings. The van der Waals surface area contributed by atoms with E-state index in [1.165, 1.54) is 18.4 Å². The first-order valence-corrected chi connectivity index (χ1v) is 10.3. The third kappa shape index (κ3) is 2.86. The lowest BCUT2D eigenvalue weighted by molar-refractivity contribution is -0.121. The van der Waals surface area contributed by atoms with Crippen molar-refractivity contribution in [3.05, 3.63) is 102 Å². The van der Waals surface area contributed by atoms with Crippen LogP contribution in [0.2, 0.25) is 0 Å². The van der Waals surface area contributed by atoms with Crippen LogP contribution in [-0.4, -0.2) is 18.6 Å². The van der Waals surface area contributed by atoms with Gasteiger partial charge in [0, 0.05) is 11.5 Å². The Hall–Kier alpha value is -3.12. The Morgan fingerprint density at radius 3 is 2.25 bits per heavy atom. The lowest BCUT2D eigenvalue weighted by Gasteiger charge is -2.26. The highest BCUT2D eigenvalue weighted by Gasteiger charge is 2.51. The smallest absolute Gasteiger partial charge is 0.267 e. The fourth-order valence-corrected chi connectivity index (χ4v) is 5.16. The van der Waals surface area contributed by atoms with Crippen LogP contribution in [0.1, 0.15) is 28.8 Å². The molecule has 0 spiro atoms. The molecule has 1 fully saturated rings. The highest BCUT2D eigenvalue weighted by atomic mass is 32.2. The largest absolute Gasteiger partial charge is 0.467 e. The third-order valence-electron chi connectivity index (χ3n) is 4.99. The summed E-state index contributed by atoms with van der Waals surface area (Å²) >= 11 is 0. The van der Waals surface area contributed by atoms with Gasteiger partial charge in [-0.15, -0.1) is 0 Å². The Morgan fingerprint density at radius 1 is 0.964 bits per heavy atom. The van der Waals surface area contributed by atoms with Gasteiger partial charge in [-0.2, -0.15) is 0 Å². The summed E-state index contributed by atoms with van der Waals surface area (Å²) in [7, 11) is -4.09. The Balaban J connectivity index is 1.89. The predicted molar refractivity (Wildman–Crippen MR) is 105 cm³/mol. The van der Waals surface area contributed by atoms with Gasteiger partial charge in [0.05, 0.1) is 11.2 Å². The number of nitrogens with zero attached hydrogens (tertiary/aromatic N) is 1. The maximum Gasteiger partial charge on any atom is 0.267 e. The standard InChI is InChI=1S/C22H19NO4S/c1-15-10-12-18(13-11-15)28(25,26)23-21(19-9-6-14-27-19)20(16(2)22(23)24)17-7-4-3-5-8-17/h3-14,20-21H,2H2,1H3/t20-,21+/m0/s1. The van der Waals surface area contributed by atoms with Gasteiger partial charge in [-0.05, 0) is 36.8 Å². The van der Waals surface area contributed by atoms with E-state index in [1.54, 1.807) is 24.3 Å². The number of hydrogen-bond acceptors (Lipinski definition) is 4. The Labute approximate surface area is 164 Å². The van der Waals surface area contributed by atoms with E-state index in [0.717, 1.165) is 15.4 Å². The number of sulfonamides is 1. The molecule has 1 aliphatic heterocycles. The van der Waals surface area contributed by atoms with Crippen molar-refractivity contribution in [2.45, 2.75) is 23.8 Å². The first-order valence-electron chi connectivity index (χ1n) is 8.84. The molecule has 28 heavy (non-hydrogen) atoms. The average molecular weight is 393 g/mol. The molecule has 0 saturated carbocycles. The number of rotatable bonds is 4. The lowest BCUT2D eigenvalue weighted by Crippen LogP contribution is -2.35. The molecule has 6 heteroatoms. The van der Waals surface area contributed by atoms with Crippen molar-refractivity contribution in [2.24, 2.45) is 0 Å². The summed E-state index contributed by atoms with van der Waals surface area (Å²) in [5.74, 6) is -0.743. The minimum Gasteiger partial charge on any atom is -0.467 e. The Kier molecular flexibility index (Phi) is 4.43. The summed E-state index contributed by atoms with van der Waals surface area (Å²) < 4.78 is 33.3. The molecular weight excluding hydrogens is 374 g/mol. The SMILES string of the molecule is C=C1C(=O)N(S(=O)(=O)c2ccc(C)cc2)[C@H](c2ccco2)[C@@H]1c1ccccc1. The summed E-state index contributed by atoms with van der Waals surface area (Å²) in [5, 5.41) is 0. The number of hydrogen-bond donors (Lipinski definition) is 0. The topological polar surface area (TPSA) is 67.6 Å². The second-order valence-corrected chi connectivity index (χ2v) is 8.61. The van der Waals surface area contributed by atoms with Gasteiger partial charge in [-0.25, -0.2) is 12.7 Å². The van der Waals surface area contributed by atoms with Crippen molar-refractivity contribution >= 4 is 15.9 Å². The van der Waals surface area contributed by atoms with Crippen LogP contribution in [0.3, 0.4) is 0 Å². The first kappa shape index (κ1) is 18.3. The zero-order valence-corrected chi connectivity index (χ0v) is 16.1. The molecule has 1 aliphatic rings. The van der Waals surface area contributed by atoms with Crippen LogP contribution in [0.25, 0.3) is 0 Å². The van der Waals surface area contributed by atoms with Gasteiger partial charge in [0.25, 0.3) is 15.9 Å². The van der Waals surface area contributed by atoms with E-state index in [4.69, 9.17) is 4.42 Å². The van der Waals surface area contributed by atoms with Crippen LogP contribution in [-0.2, 0) is 14.8 Å². The fourth-order valence-electron chi connectivity index (χ4n) is 3.59. The Bertz CT molecular complexity index is 1120. The van der Waals surface area contributed by atoms with Crippen LogP contribution in [0.15, 0.2) is 94.5 Å². The minimum absolute atomic E-state index is 0.0597. The third-order valence-corrected chi connectivity index (χ3v) is 6.77. The monoisotopic (exact) mass is 393 g/mol. The van der Waals surface area contributed by atoms with Crippen molar-refractivity contribution in [1.82, 2.24) is 4.31 Å². The van der Waals surface area contributed by atoms with E-state index in [1.807, 2.05) is 37.3 Å². The van der Waals surface area contributed by atoms with Gasteiger partial charge in [-0.3, -0.25) is 4.79 Å². The van der Waals surface area contributed by atoms with Gasteiger partial charge in [0.15, 0.2) is 0 Å². The predicted octanol–water partition coefficient (Wildman–Crippen LogP) is 4.20. The van der Waals surface area contributed by atoms with Crippen LogP contribution in [0, 0.1) is 6.92 Å². The molecule has 0 bridgehead atoms. The molecule has 4 rings (SSSR count). The van der Waals surface area contributed by atoms with E-state index >= 15 is 0 Å². The summed E-state index contributed by atoms with van der Waals surface area (Å²) in [6.45, 7) is 5.80. The van der Waals surface area contributed by atoms with Crippen molar-refractivity contribution in [1.29, 1.82) is 0 Å². The van der Waals surface area contributed by atoms with E-state index in [-0.39, 0.29) is 10.5 Å². The van der Waals surface area contributed by atoms with Crippen molar-refractivity contribution in [3.8, 4) is 0 Å². The maximum absolute atomic E-state index is 13.4. The molecule has 2 aromatic carbocycles. The van der Waals surface area contributed by atoms with E-state index in [9.17, 15) is 13.2 Å².